The minimum atomic E-state index is 0. The zero-order chi connectivity index (χ0) is 14.3. The molecule has 0 spiro atoms. The quantitative estimate of drug-likeness (QED) is 0.443. The van der Waals surface area contributed by atoms with Gasteiger partial charge in [-0.1, -0.05) is 11.6 Å². The first kappa shape index (κ1) is 19.1. The molecular formula is C13H21ClIN3O2. The smallest absolute Gasteiger partial charge is 0.190 e. The number of nitrogens with zero attached hydrogens (tertiary/aromatic N) is 1. The summed E-state index contributed by atoms with van der Waals surface area (Å²) in [5.41, 5.74) is 0.988. The maximum absolute atomic E-state index is 6.20. The van der Waals surface area contributed by atoms with Crippen LogP contribution in [0.3, 0.4) is 0 Å². The Morgan fingerprint density at radius 2 is 2.10 bits per heavy atom. The molecule has 2 N–H and O–H groups in total. The van der Waals surface area contributed by atoms with Gasteiger partial charge in [0.1, 0.15) is 0 Å². The van der Waals surface area contributed by atoms with Crippen LogP contribution in [0.5, 0.6) is 11.5 Å². The molecule has 0 heterocycles. The summed E-state index contributed by atoms with van der Waals surface area (Å²) in [6, 6.07) is 3.75. The summed E-state index contributed by atoms with van der Waals surface area (Å²) >= 11 is 6.20. The van der Waals surface area contributed by atoms with Crippen molar-refractivity contribution in [1.29, 1.82) is 0 Å². The molecule has 0 aliphatic rings. The summed E-state index contributed by atoms with van der Waals surface area (Å²) in [5.74, 6) is 1.92. The van der Waals surface area contributed by atoms with Gasteiger partial charge in [0.05, 0.1) is 18.7 Å². The van der Waals surface area contributed by atoms with Crippen molar-refractivity contribution in [2.45, 2.75) is 13.5 Å². The highest BCUT2D eigenvalue weighted by molar-refractivity contribution is 14.0. The first-order valence-corrected chi connectivity index (χ1v) is 6.41. The molecule has 0 unspecified atom stereocenters. The highest BCUT2D eigenvalue weighted by Gasteiger charge is 2.11. The molecule has 7 heteroatoms. The van der Waals surface area contributed by atoms with Crippen LogP contribution in [0.4, 0.5) is 0 Å². The fraction of sp³-hybridized carbons (Fsp3) is 0.462. The summed E-state index contributed by atoms with van der Waals surface area (Å²) in [7, 11) is 5.11. The van der Waals surface area contributed by atoms with Crippen molar-refractivity contribution in [2.75, 3.05) is 27.8 Å². The number of aliphatic imine (C=N–C) groups is 1. The fourth-order valence-corrected chi connectivity index (χ4v) is 1.91. The maximum Gasteiger partial charge on any atom is 0.190 e. The number of guanidine groups is 1. The van der Waals surface area contributed by atoms with Crippen molar-refractivity contribution in [3.8, 4) is 11.5 Å². The van der Waals surface area contributed by atoms with Crippen LogP contribution in [-0.2, 0) is 6.54 Å². The maximum atomic E-state index is 6.20. The van der Waals surface area contributed by atoms with Crippen LogP contribution in [0.15, 0.2) is 17.1 Å². The second-order valence-corrected chi connectivity index (χ2v) is 4.13. The first-order chi connectivity index (χ1) is 9.15. The molecular weight excluding hydrogens is 393 g/mol. The third-order valence-electron chi connectivity index (χ3n) is 2.50. The molecule has 0 aliphatic heterocycles. The largest absolute Gasteiger partial charge is 0.493 e. The fourth-order valence-electron chi connectivity index (χ4n) is 1.62. The standard InChI is InChI=1S/C13H20ClN3O2.HI/c1-5-19-12-10(14)6-9(7-11(12)18-4)8-17-13(15-2)16-3;/h6-7H,5,8H2,1-4H3,(H2,15,16,17);1H. The molecule has 1 aromatic carbocycles. The van der Waals surface area contributed by atoms with Gasteiger partial charge in [-0.2, -0.15) is 0 Å². The lowest BCUT2D eigenvalue weighted by molar-refractivity contribution is 0.311. The third kappa shape index (κ3) is 5.24. The van der Waals surface area contributed by atoms with E-state index in [9.17, 15) is 0 Å². The van der Waals surface area contributed by atoms with Crippen LogP contribution in [0, 0.1) is 0 Å². The topological polar surface area (TPSA) is 54.9 Å². The van der Waals surface area contributed by atoms with Crippen molar-refractivity contribution in [3.63, 3.8) is 0 Å². The van der Waals surface area contributed by atoms with E-state index in [1.165, 1.54) is 0 Å². The average molecular weight is 414 g/mol. The zero-order valence-electron chi connectivity index (χ0n) is 12.1. The Kier molecular flexibility index (Phi) is 9.49. The molecule has 0 aromatic heterocycles. The van der Waals surface area contributed by atoms with Gasteiger partial charge in [-0.25, -0.2) is 0 Å². The Bertz CT molecular complexity index is 455. The second-order valence-electron chi connectivity index (χ2n) is 3.72. The third-order valence-corrected chi connectivity index (χ3v) is 2.78. The number of benzene rings is 1. The molecule has 0 amide bonds. The van der Waals surface area contributed by atoms with E-state index in [4.69, 9.17) is 21.1 Å². The van der Waals surface area contributed by atoms with E-state index in [2.05, 4.69) is 15.6 Å². The van der Waals surface area contributed by atoms with E-state index < -0.39 is 0 Å². The Labute approximate surface area is 142 Å². The minimum Gasteiger partial charge on any atom is -0.493 e. The summed E-state index contributed by atoms with van der Waals surface area (Å²) in [6.45, 7) is 3.04. The van der Waals surface area contributed by atoms with Crippen LogP contribution in [0.25, 0.3) is 0 Å². The van der Waals surface area contributed by atoms with E-state index in [1.807, 2.05) is 19.1 Å². The molecule has 0 fully saturated rings. The Balaban J connectivity index is 0.00000361. The molecule has 0 saturated carbocycles. The minimum absolute atomic E-state index is 0. The molecule has 5 nitrogen and oxygen atoms in total. The van der Waals surface area contributed by atoms with Crippen LogP contribution in [0.1, 0.15) is 12.5 Å². The summed E-state index contributed by atoms with van der Waals surface area (Å²) in [6.07, 6.45) is 0. The molecule has 0 radical (unpaired) electrons. The molecule has 0 saturated heterocycles. The Morgan fingerprint density at radius 1 is 1.40 bits per heavy atom. The van der Waals surface area contributed by atoms with Gasteiger partial charge in [-0.05, 0) is 24.6 Å². The van der Waals surface area contributed by atoms with Crippen molar-refractivity contribution in [2.24, 2.45) is 4.99 Å². The van der Waals surface area contributed by atoms with Crippen molar-refractivity contribution in [1.82, 2.24) is 10.6 Å². The van der Waals surface area contributed by atoms with E-state index in [0.717, 1.165) is 5.56 Å². The number of nitrogens with one attached hydrogen (secondary N) is 2. The number of rotatable bonds is 5. The second kappa shape index (κ2) is 9.93. The Hall–Kier alpha value is -0.890. The molecule has 114 valence electrons. The lowest BCUT2D eigenvalue weighted by atomic mass is 10.2. The molecule has 0 atom stereocenters. The number of methoxy groups -OCH3 is 1. The van der Waals surface area contributed by atoms with Crippen molar-refractivity contribution < 1.29 is 9.47 Å². The summed E-state index contributed by atoms with van der Waals surface area (Å²) < 4.78 is 10.8. The molecule has 0 aliphatic carbocycles. The molecule has 0 bridgehead atoms. The van der Waals surface area contributed by atoms with Crippen LogP contribution in [-0.4, -0.2) is 33.8 Å². The normalized spacial score (nSPS) is 10.6. The highest BCUT2D eigenvalue weighted by atomic mass is 127. The Morgan fingerprint density at radius 3 is 2.60 bits per heavy atom. The van der Waals surface area contributed by atoms with Crippen molar-refractivity contribution >= 4 is 41.5 Å². The van der Waals surface area contributed by atoms with Gasteiger partial charge in [0.2, 0.25) is 0 Å². The van der Waals surface area contributed by atoms with E-state index >= 15 is 0 Å². The van der Waals surface area contributed by atoms with Gasteiger partial charge in [0.15, 0.2) is 17.5 Å². The van der Waals surface area contributed by atoms with Gasteiger partial charge < -0.3 is 20.1 Å². The van der Waals surface area contributed by atoms with Crippen LogP contribution in [0.2, 0.25) is 5.02 Å². The van der Waals surface area contributed by atoms with Gasteiger partial charge in [-0.15, -0.1) is 24.0 Å². The van der Waals surface area contributed by atoms with Crippen LogP contribution >= 0.6 is 35.6 Å². The molecule has 20 heavy (non-hydrogen) atoms. The predicted octanol–water partition coefficient (Wildman–Crippen LogP) is 2.66. The van der Waals surface area contributed by atoms with E-state index in [1.54, 1.807) is 21.2 Å². The van der Waals surface area contributed by atoms with Gasteiger partial charge in [0, 0.05) is 20.6 Å². The lowest BCUT2D eigenvalue weighted by Gasteiger charge is -2.14. The van der Waals surface area contributed by atoms with Gasteiger partial charge in [-0.3, -0.25) is 4.99 Å². The van der Waals surface area contributed by atoms with E-state index in [-0.39, 0.29) is 24.0 Å². The monoisotopic (exact) mass is 413 g/mol. The number of halogens is 2. The lowest BCUT2D eigenvalue weighted by Crippen LogP contribution is -2.34. The number of hydrogen-bond acceptors (Lipinski definition) is 3. The summed E-state index contributed by atoms with van der Waals surface area (Å²) in [5, 5.41) is 6.64. The van der Waals surface area contributed by atoms with Gasteiger partial charge >= 0.3 is 0 Å². The SMILES string of the molecule is CCOc1c(Cl)cc(CNC(=NC)NC)cc1OC.I. The summed E-state index contributed by atoms with van der Waals surface area (Å²) in [4.78, 5) is 4.04. The predicted molar refractivity (Wildman–Crippen MR) is 93.8 cm³/mol. The number of hydrogen-bond donors (Lipinski definition) is 2. The van der Waals surface area contributed by atoms with Crippen LogP contribution < -0.4 is 20.1 Å². The van der Waals surface area contributed by atoms with E-state index in [0.29, 0.717) is 35.6 Å². The zero-order valence-corrected chi connectivity index (χ0v) is 15.2. The first-order valence-electron chi connectivity index (χ1n) is 6.03. The molecule has 1 aromatic rings. The molecule has 1 rings (SSSR count). The number of ether oxygens (including phenoxy) is 2. The average Bonchev–Trinajstić information content (AvgIpc) is 2.42. The highest BCUT2D eigenvalue weighted by Crippen LogP contribution is 2.36. The van der Waals surface area contributed by atoms with Gasteiger partial charge in [0.25, 0.3) is 0 Å². The van der Waals surface area contributed by atoms with Crippen molar-refractivity contribution in [3.05, 3.63) is 22.7 Å².